The Morgan fingerprint density at radius 1 is 1.30 bits per heavy atom. The van der Waals surface area contributed by atoms with Crippen molar-refractivity contribution >= 4 is 16.5 Å². The summed E-state index contributed by atoms with van der Waals surface area (Å²) in [6, 6.07) is 6.67. The van der Waals surface area contributed by atoms with Gasteiger partial charge >= 0.3 is 0 Å². The van der Waals surface area contributed by atoms with Crippen LogP contribution in [0, 0.1) is 0 Å². The number of benzene rings is 1. The van der Waals surface area contributed by atoms with Crippen LogP contribution in [-0.4, -0.2) is 48.6 Å². The average Bonchev–Trinajstić information content (AvgIpc) is 3.05. The van der Waals surface area contributed by atoms with Crippen molar-refractivity contribution < 1.29 is 0 Å². The fourth-order valence-electron chi connectivity index (χ4n) is 4.13. The van der Waals surface area contributed by atoms with Gasteiger partial charge in [-0.2, -0.15) is 0 Å². The lowest BCUT2D eigenvalue weighted by Crippen LogP contribution is -2.41. The zero-order valence-electron chi connectivity index (χ0n) is 13.4. The molecule has 3 N–H and O–H groups in total. The Bertz CT molecular complexity index is 769. The van der Waals surface area contributed by atoms with Crippen LogP contribution in [0.15, 0.2) is 29.2 Å². The van der Waals surface area contributed by atoms with E-state index in [-0.39, 0.29) is 5.56 Å². The van der Waals surface area contributed by atoms with E-state index in [2.05, 4.69) is 20.9 Å². The number of hydrogen-bond donors (Lipinski definition) is 2. The molecule has 0 amide bonds. The lowest BCUT2D eigenvalue weighted by Gasteiger charge is -2.36. The molecule has 1 aromatic heterocycles. The van der Waals surface area contributed by atoms with Gasteiger partial charge in [-0.15, -0.1) is 0 Å². The summed E-state index contributed by atoms with van der Waals surface area (Å²) in [5, 5.41) is 1.98. The molecule has 0 spiro atoms. The molecule has 0 bridgehead atoms. The van der Waals surface area contributed by atoms with Crippen molar-refractivity contribution in [2.24, 2.45) is 5.73 Å². The largest absolute Gasteiger partial charge is 0.366 e. The van der Waals surface area contributed by atoms with Crippen LogP contribution in [0.2, 0.25) is 0 Å². The molecule has 1 saturated heterocycles. The molecule has 3 heterocycles. The molecule has 0 saturated carbocycles. The molecule has 1 atom stereocenters. The van der Waals surface area contributed by atoms with Crippen LogP contribution in [0.4, 0.5) is 5.69 Å². The van der Waals surface area contributed by atoms with E-state index in [0.29, 0.717) is 6.04 Å². The number of nitrogens with one attached hydrogen (secondary N) is 1. The van der Waals surface area contributed by atoms with Gasteiger partial charge in [0.25, 0.3) is 5.56 Å². The van der Waals surface area contributed by atoms with Crippen molar-refractivity contribution in [1.82, 2.24) is 9.88 Å². The SMILES string of the molecule is NCCCN1CCC(N2CCc3c[nH]c(=O)c4cccc2c34)C1. The maximum atomic E-state index is 12.1. The first kappa shape index (κ1) is 14.7. The van der Waals surface area contributed by atoms with Crippen LogP contribution in [0.5, 0.6) is 0 Å². The van der Waals surface area contributed by atoms with Crippen molar-refractivity contribution in [2.45, 2.75) is 25.3 Å². The van der Waals surface area contributed by atoms with E-state index >= 15 is 0 Å². The maximum absolute atomic E-state index is 12.1. The number of rotatable bonds is 4. The predicted octanol–water partition coefficient (Wildman–Crippen LogP) is 1.31. The molecule has 2 aliphatic heterocycles. The Kier molecular flexibility index (Phi) is 3.83. The minimum absolute atomic E-state index is 0.0171. The fraction of sp³-hybridized carbons (Fsp3) is 0.500. The minimum Gasteiger partial charge on any atom is -0.366 e. The first-order valence-electron chi connectivity index (χ1n) is 8.60. The van der Waals surface area contributed by atoms with Crippen LogP contribution in [0.3, 0.4) is 0 Å². The van der Waals surface area contributed by atoms with Gasteiger partial charge in [-0.3, -0.25) is 4.79 Å². The van der Waals surface area contributed by atoms with E-state index < -0.39 is 0 Å². The zero-order valence-corrected chi connectivity index (χ0v) is 13.4. The predicted molar refractivity (Wildman–Crippen MR) is 94.1 cm³/mol. The number of likely N-dealkylation sites (tertiary alicyclic amines) is 1. The van der Waals surface area contributed by atoms with Gasteiger partial charge in [0.05, 0.1) is 0 Å². The summed E-state index contributed by atoms with van der Waals surface area (Å²) in [5.41, 5.74) is 8.15. The second kappa shape index (κ2) is 5.98. The second-order valence-electron chi connectivity index (χ2n) is 6.67. The number of nitrogens with two attached hydrogens (primary N) is 1. The summed E-state index contributed by atoms with van der Waals surface area (Å²) >= 11 is 0. The summed E-state index contributed by atoms with van der Waals surface area (Å²) in [5.74, 6) is 0. The van der Waals surface area contributed by atoms with Gasteiger partial charge in [-0.25, -0.2) is 0 Å². The van der Waals surface area contributed by atoms with Gasteiger partial charge in [0.1, 0.15) is 0 Å². The van der Waals surface area contributed by atoms with Gasteiger partial charge in [0, 0.05) is 48.3 Å². The van der Waals surface area contributed by atoms with Crippen molar-refractivity contribution in [2.75, 3.05) is 37.6 Å². The zero-order chi connectivity index (χ0) is 15.8. The molecule has 5 nitrogen and oxygen atoms in total. The number of H-pyrrole nitrogens is 1. The standard InChI is InChI=1S/C18H24N4O/c19-7-2-8-21-9-6-14(12-21)22-10-5-13-11-20-18(23)15-3-1-4-16(22)17(13)15/h1,3-4,11,14H,2,5-10,12,19H2,(H,20,23). The van der Waals surface area contributed by atoms with Crippen molar-refractivity contribution in [1.29, 1.82) is 0 Å². The summed E-state index contributed by atoms with van der Waals surface area (Å²) in [7, 11) is 0. The number of pyridine rings is 1. The molecule has 0 radical (unpaired) electrons. The number of nitrogens with zero attached hydrogens (tertiary/aromatic N) is 2. The van der Waals surface area contributed by atoms with E-state index in [0.717, 1.165) is 56.3 Å². The molecule has 0 aliphatic carbocycles. The van der Waals surface area contributed by atoms with Crippen LogP contribution in [0.1, 0.15) is 18.4 Å². The molecule has 1 fully saturated rings. The van der Waals surface area contributed by atoms with Crippen molar-refractivity contribution in [3.8, 4) is 0 Å². The molecular formula is C18H24N4O. The van der Waals surface area contributed by atoms with Crippen molar-refractivity contribution in [3.63, 3.8) is 0 Å². The van der Waals surface area contributed by atoms with Gasteiger partial charge in [-0.05, 0) is 50.0 Å². The number of anilines is 1. The van der Waals surface area contributed by atoms with Gasteiger partial charge in [0.15, 0.2) is 0 Å². The lowest BCUT2D eigenvalue weighted by atomic mass is 9.97. The average molecular weight is 312 g/mol. The van der Waals surface area contributed by atoms with Crippen LogP contribution < -0.4 is 16.2 Å². The molecule has 122 valence electrons. The van der Waals surface area contributed by atoms with E-state index in [9.17, 15) is 4.79 Å². The van der Waals surface area contributed by atoms with Gasteiger partial charge < -0.3 is 20.5 Å². The molecule has 5 heteroatoms. The number of hydrogen-bond acceptors (Lipinski definition) is 4. The Balaban J connectivity index is 1.66. The normalized spacial score (nSPS) is 21.3. The summed E-state index contributed by atoms with van der Waals surface area (Å²) in [6.45, 7) is 5.16. The third kappa shape index (κ3) is 2.54. The number of aromatic nitrogens is 1. The molecular weight excluding hydrogens is 288 g/mol. The van der Waals surface area contributed by atoms with Crippen LogP contribution in [-0.2, 0) is 6.42 Å². The molecule has 23 heavy (non-hydrogen) atoms. The monoisotopic (exact) mass is 312 g/mol. The summed E-state index contributed by atoms with van der Waals surface area (Å²) in [4.78, 5) is 20.0. The van der Waals surface area contributed by atoms with Crippen LogP contribution >= 0.6 is 0 Å². The van der Waals surface area contributed by atoms with E-state index in [1.54, 1.807) is 0 Å². The third-order valence-corrected chi connectivity index (χ3v) is 5.28. The highest BCUT2D eigenvalue weighted by molar-refractivity contribution is 5.97. The molecule has 2 aromatic rings. The summed E-state index contributed by atoms with van der Waals surface area (Å²) in [6.07, 6.45) is 5.16. The van der Waals surface area contributed by atoms with E-state index in [1.807, 2.05) is 18.3 Å². The highest BCUT2D eigenvalue weighted by Crippen LogP contribution is 2.35. The lowest BCUT2D eigenvalue weighted by molar-refractivity contribution is 0.329. The third-order valence-electron chi connectivity index (χ3n) is 5.28. The number of aromatic amines is 1. The van der Waals surface area contributed by atoms with E-state index in [4.69, 9.17) is 5.73 Å². The Hall–Kier alpha value is -1.85. The van der Waals surface area contributed by atoms with Crippen LogP contribution in [0.25, 0.3) is 10.8 Å². The topological polar surface area (TPSA) is 65.4 Å². The highest BCUT2D eigenvalue weighted by Gasteiger charge is 2.30. The second-order valence-corrected chi connectivity index (χ2v) is 6.67. The minimum atomic E-state index is 0.0171. The Morgan fingerprint density at radius 3 is 3.09 bits per heavy atom. The fourth-order valence-corrected chi connectivity index (χ4v) is 4.13. The Morgan fingerprint density at radius 2 is 2.22 bits per heavy atom. The first-order valence-corrected chi connectivity index (χ1v) is 8.60. The van der Waals surface area contributed by atoms with Crippen molar-refractivity contribution in [3.05, 3.63) is 40.3 Å². The first-order chi connectivity index (χ1) is 11.3. The quantitative estimate of drug-likeness (QED) is 0.893. The van der Waals surface area contributed by atoms with E-state index in [1.165, 1.54) is 17.7 Å². The van der Waals surface area contributed by atoms with Gasteiger partial charge in [0.2, 0.25) is 0 Å². The smallest absolute Gasteiger partial charge is 0.255 e. The Labute approximate surface area is 136 Å². The molecule has 1 aromatic carbocycles. The molecule has 1 unspecified atom stereocenters. The molecule has 4 rings (SSSR count). The maximum Gasteiger partial charge on any atom is 0.255 e. The molecule has 2 aliphatic rings. The summed E-state index contributed by atoms with van der Waals surface area (Å²) < 4.78 is 0. The highest BCUT2D eigenvalue weighted by atomic mass is 16.1. The van der Waals surface area contributed by atoms with Gasteiger partial charge in [-0.1, -0.05) is 6.07 Å².